The summed E-state index contributed by atoms with van der Waals surface area (Å²) in [6.07, 6.45) is 2.31. The van der Waals surface area contributed by atoms with Crippen LogP contribution in [-0.4, -0.2) is 27.6 Å². The fourth-order valence-corrected chi connectivity index (χ4v) is 2.70. The van der Waals surface area contributed by atoms with E-state index in [9.17, 15) is 4.79 Å². The van der Waals surface area contributed by atoms with Gasteiger partial charge in [0.2, 0.25) is 5.91 Å². The highest BCUT2D eigenvalue weighted by Crippen LogP contribution is 2.16. The van der Waals surface area contributed by atoms with Crippen molar-refractivity contribution >= 4 is 16.8 Å². The highest BCUT2D eigenvalue weighted by atomic mass is 16.2. The summed E-state index contributed by atoms with van der Waals surface area (Å²) in [4.78, 5) is 14.1. The lowest BCUT2D eigenvalue weighted by molar-refractivity contribution is -0.130. The molecule has 3 rings (SSSR count). The van der Waals surface area contributed by atoms with Crippen molar-refractivity contribution in [3.63, 3.8) is 0 Å². The van der Waals surface area contributed by atoms with Gasteiger partial charge in [-0.3, -0.25) is 9.48 Å². The number of nitrogens with zero attached hydrogens (tertiary/aromatic N) is 3. The number of benzene rings is 2. The van der Waals surface area contributed by atoms with E-state index < -0.39 is 0 Å². The quantitative estimate of drug-likeness (QED) is 0.724. The van der Waals surface area contributed by atoms with Gasteiger partial charge in [-0.05, 0) is 24.1 Å². The van der Waals surface area contributed by atoms with Gasteiger partial charge in [-0.1, -0.05) is 42.5 Å². The summed E-state index contributed by atoms with van der Waals surface area (Å²) >= 11 is 0. The fourth-order valence-electron chi connectivity index (χ4n) is 2.70. The molecule has 0 atom stereocenters. The zero-order chi connectivity index (χ0) is 16.2. The number of aryl methyl sites for hydroxylation is 2. The van der Waals surface area contributed by atoms with E-state index in [0.717, 1.165) is 16.5 Å². The number of hydrogen-bond acceptors (Lipinski definition) is 2. The van der Waals surface area contributed by atoms with Gasteiger partial charge in [-0.15, -0.1) is 0 Å². The lowest BCUT2D eigenvalue weighted by Crippen LogP contribution is -2.27. The third-order valence-corrected chi connectivity index (χ3v) is 4.03. The predicted octanol–water partition coefficient (Wildman–Crippen LogP) is 3.39. The Morgan fingerprint density at radius 1 is 1.17 bits per heavy atom. The third kappa shape index (κ3) is 3.59. The van der Waals surface area contributed by atoms with E-state index in [1.54, 1.807) is 4.90 Å². The van der Waals surface area contributed by atoms with Crippen LogP contribution in [0.15, 0.2) is 54.7 Å². The van der Waals surface area contributed by atoms with Crippen molar-refractivity contribution in [3.05, 3.63) is 65.9 Å². The molecular weight excluding hydrogens is 286 g/mol. The number of carbonyl (C=O) groups excluding carboxylic acids is 1. The number of amides is 1. The van der Waals surface area contributed by atoms with Crippen molar-refractivity contribution < 1.29 is 4.79 Å². The molecule has 4 nitrogen and oxygen atoms in total. The molecule has 0 spiro atoms. The van der Waals surface area contributed by atoms with Gasteiger partial charge in [0.05, 0.1) is 18.3 Å². The van der Waals surface area contributed by atoms with Gasteiger partial charge in [0.25, 0.3) is 0 Å². The van der Waals surface area contributed by atoms with Crippen LogP contribution in [0.5, 0.6) is 0 Å². The van der Waals surface area contributed by atoms with Crippen LogP contribution in [0.2, 0.25) is 0 Å². The van der Waals surface area contributed by atoms with Crippen molar-refractivity contribution in [1.29, 1.82) is 0 Å². The molecule has 0 saturated heterocycles. The fraction of sp³-hybridized carbons (Fsp3) is 0.263. The van der Waals surface area contributed by atoms with Crippen LogP contribution in [-0.2, 0) is 17.9 Å². The Morgan fingerprint density at radius 3 is 2.74 bits per heavy atom. The van der Waals surface area contributed by atoms with Crippen molar-refractivity contribution in [2.24, 2.45) is 0 Å². The second kappa shape index (κ2) is 6.65. The first kappa shape index (κ1) is 15.3. The van der Waals surface area contributed by atoms with E-state index >= 15 is 0 Å². The molecule has 1 amide bonds. The van der Waals surface area contributed by atoms with Crippen molar-refractivity contribution in [2.45, 2.75) is 26.4 Å². The Morgan fingerprint density at radius 2 is 1.96 bits per heavy atom. The van der Waals surface area contributed by atoms with Gasteiger partial charge in [-0.25, -0.2) is 0 Å². The lowest BCUT2D eigenvalue weighted by Gasteiger charge is -2.17. The van der Waals surface area contributed by atoms with E-state index in [2.05, 4.69) is 30.2 Å². The zero-order valence-corrected chi connectivity index (χ0v) is 13.6. The maximum absolute atomic E-state index is 12.3. The molecule has 0 aliphatic rings. The van der Waals surface area contributed by atoms with Crippen LogP contribution in [0.3, 0.4) is 0 Å². The van der Waals surface area contributed by atoms with Crippen LogP contribution in [0.1, 0.15) is 17.5 Å². The lowest BCUT2D eigenvalue weighted by atomic mass is 10.2. The largest absolute Gasteiger partial charge is 0.341 e. The van der Waals surface area contributed by atoms with Crippen LogP contribution in [0.4, 0.5) is 0 Å². The van der Waals surface area contributed by atoms with Gasteiger partial charge < -0.3 is 4.90 Å². The molecule has 3 aromatic rings. The first-order chi connectivity index (χ1) is 11.1. The summed E-state index contributed by atoms with van der Waals surface area (Å²) in [6, 6.07) is 16.3. The predicted molar refractivity (Wildman–Crippen MR) is 92.0 cm³/mol. The Hall–Kier alpha value is -2.62. The average molecular weight is 307 g/mol. The van der Waals surface area contributed by atoms with Crippen LogP contribution in [0, 0.1) is 6.92 Å². The highest BCUT2D eigenvalue weighted by Gasteiger charge is 2.11. The molecule has 118 valence electrons. The van der Waals surface area contributed by atoms with Crippen molar-refractivity contribution in [1.82, 2.24) is 14.7 Å². The molecule has 1 heterocycles. The Kier molecular flexibility index (Phi) is 4.42. The first-order valence-corrected chi connectivity index (χ1v) is 7.83. The summed E-state index contributed by atoms with van der Waals surface area (Å²) in [6.45, 7) is 3.30. The molecule has 0 N–H and O–H groups in total. The molecular formula is C19H21N3O. The summed E-state index contributed by atoms with van der Waals surface area (Å²) in [5.74, 6) is 0.130. The summed E-state index contributed by atoms with van der Waals surface area (Å²) in [5, 5.41) is 5.51. The Balaban J connectivity index is 1.62. The number of hydrogen-bond donors (Lipinski definition) is 0. The van der Waals surface area contributed by atoms with Gasteiger partial charge >= 0.3 is 0 Å². The topological polar surface area (TPSA) is 38.1 Å². The summed E-state index contributed by atoms with van der Waals surface area (Å²) < 4.78 is 1.91. The van der Waals surface area contributed by atoms with Gasteiger partial charge in [-0.2, -0.15) is 5.10 Å². The van der Waals surface area contributed by atoms with Crippen molar-refractivity contribution in [2.75, 3.05) is 7.05 Å². The molecule has 0 saturated carbocycles. The molecule has 0 radical (unpaired) electrons. The molecule has 0 aliphatic heterocycles. The Bertz CT molecular complexity index is 808. The number of aromatic nitrogens is 2. The van der Waals surface area contributed by atoms with E-state index in [-0.39, 0.29) is 5.91 Å². The van der Waals surface area contributed by atoms with Gasteiger partial charge in [0.1, 0.15) is 0 Å². The minimum atomic E-state index is 0.130. The van der Waals surface area contributed by atoms with Gasteiger partial charge in [0.15, 0.2) is 0 Å². The monoisotopic (exact) mass is 307 g/mol. The molecule has 1 aromatic heterocycles. The smallest absolute Gasteiger partial charge is 0.224 e. The molecule has 0 unspecified atom stereocenters. The maximum atomic E-state index is 12.3. The second-order valence-corrected chi connectivity index (χ2v) is 5.92. The molecule has 0 bridgehead atoms. The molecule has 0 aliphatic carbocycles. The highest BCUT2D eigenvalue weighted by molar-refractivity contribution is 5.80. The van der Waals surface area contributed by atoms with E-state index in [4.69, 9.17) is 0 Å². The minimum Gasteiger partial charge on any atom is -0.341 e. The van der Waals surface area contributed by atoms with Crippen LogP contribution >= 0.6 is 0 Å². The molecule has 4 heteroatoms. The van der Waals surface area contributed by atoms with Crippen LogP contribution < -0.4 is 0 Å². The number of fused-ring (bicyclic) bond motifs is 1. The summed E-state index contributed by atoms with van der Waals surface area (Å²) in [7, 11) is 1.85. The van der Waals surface area contributed by atoms with Crippen molar-refractivity contribution in [3.8, 4) is 0 Å². The van der Waals surface area contributed by atoms with Gasteiger partial charge in [0, 0.05) is 25.4 Å². The first-order valence-electron chi connectivity index (χ1n) is 7.83. The maximum Gasteiger partial charge on any atom is 0.224 e. The number of carbonyl (C=O) groups is 1. The zero-order valence-electron chi connectivity index (χ0n) is 13.6. The second-order valence-electron chi connectivity index (χ2n) is 5.92. The third-order valence-electron chi connectivity index (χ3n) is 4.03. The molecule has 23 heavy (non-hydrogen) atoms. The van der Waals surface area contributed by atoms with E-state index in [1.165, 1.54) is 5.56 Å². The average Bonchev–Trinajstić information content (AvgIpc) is 2.95. The molecule has 2 aromatic carbocycles. The standard InChI is InChI=1S/C19H21N3O/c1-15-8-9-17-13-20-22(18(17)12-15)11-10-19(23)21(2)14-16-6-4-3-5-7-16/h3-9,12-13H,10-11,14H2,1-2H3. The Labute approximate surface area is 136 Å². The van der Waals surface area contributed by atoms with E-state index in [0.29, 0.717) is 19.5 Å². The normalized spacial score (nSPS) is 10.9. The molecule has 0 fully saturated rings. The SMILES string of the molecule is Cc1ccc2cnn(CCC(=O)N(C)Cc3ccccc3)c2c1. The summed E-state index contributed by atoms with van der Waals surface area (Å²) in [5.41, 5.74) is 3.43. The number of rotatable bonds is 5. The van der Waals surface area contributed by atoms with Crippen LogP contribution in [0.25, 0.3) is 10.9 Å². The minimum absolute atomic E-state index is 0.130. The van der Waals surface area contributed by atoms with E-state index in [1.807, 2.05) is 48.3 Å².